The smallest absolute Gasteiger partial charge is 0.270 e. The SMILES string of the molecule is Cc1ccc2cnc(C(=O)N[C@@H]3C[C@H]4CCN(C4)C3)cc2c1. The van der Waals surface area contributed by atoms with Crippen LogP contribution in [0.15, 0.2) is 30.5 Å². The molecule has 0 aliphatic carbocycles. The summed E-state index contributed by atoms with van der Waals surface area (Å²) in [4.78, 5) is 19.3. The van der Waals surface area contributed by atoms with Gasteiger partial charge in [0.1, 0.15) is 5.69 Å². The molecule has 2 aliphatic rings. The summed E-state index contributed by atoms with van der Waals surface area (Å²) < 4.78 is 0. The van der Waals surface area contributed by atoms with Crippen molar-refractivity contribution < 1.29 is 4.79 Å². The summed E-state index contributed by atoms with van der Waals surface area (Å²) in [6.07, 6.45) is 4.17. The van der Waals surface area contributed by atoms with E-state index in [4.69, 9.17) is 0 Å². The maximum absolute atomic E-state index is 12.5. The number of nitrogens with zero attached hydrogens (tertiary/aromatic N) is 2. The molecule has 2 aromatic rings. The molecule has 114 valence electrons. The number of benzene rings is 1. The average molecular weight is 295 g/mol. The monoisotopic (exact) mass is 295 g/mol. The van der Waals surface area contributed by atoms with Gasteiger partial charge in [0, 0.05) is 30.7 Å². The van der Waals surface area contributed by atoms with Crippen LogP contribution in [0.2, 0.25) is 0 Å². The molecule has 3 atom stereocenters. The standard InChI is InChI=1S/C18H21N3O/c1-12-2-3-14-9-19-17(8-15(14)6-12)18(22)20-16-7-13-4-5-21(10-13)11-16/h2-3,6,8-9,13,16H,4-5,7,10-11H2,1H3,(H,20,22)/t13-,16-/m1/s1. The lowest BCUT2D eigenvalue weighted by molar-refractivity contribution is 0.0904. The maximum Gasteiger partial charge on any atom is 0.270 e. The lowest BCUT2D eigenvalue weighted by atomic mass is 9.97. The minimum atomic E-state index is -0.0455. The van der Waals surface area contributed by atoms with Gasteiger partial charge in [-0.25, -0.2) is 0 Å². The van der Waals surface area contributed by atoms with Crippen molar-refractivity contribution in [2.75, 3.05) is 19.6 Å². The molecule has 2 saturated heterocycles. The third kappa shape index (κ3) is 2.59. The Bertz CT molecular complexity index is 715. The van der Waals surface area contributed by atoms with Crippen molar-refractivity contribution in [2.24, 2.45) is 5.92 Å². The molecular weight excluding hydrogens is 274 g/mol. The third-order valence-electron chi connectivity index (χ3n) is 4.91. The predicted molar refractivity (Wildman–Crippen MR) is 86.9 cm³/mol. The van der Waals surface area contributed by atoms with E-state index in [2.05, 4.69) is 34.3 Å². The molecule has 1 N–H and O–H groups in total. The van der Waals surface area contributed by atoms with Crippen molar-refractivity contribution in [2.45, 2.75) is 25.8 Å². The highest BCUT2D eigenvalue weighted by molar-refractivity contribution is 5.96. The number of carbonyl (C=O) groups is 1. The second kappa shape index (κ2) is 5.36. The molecule has 22 heavy (non-hydrogen) atoms. The Morgan fingerprint density at radius 1 is 1.27 bits per heavy atom. The van der Waals surface area contributed by atoms with Gasteiger partial charge in [0.2, 0.25) is 0 Å². The predicted octanol–water partition coefficient (Wildman–Crippen LogP) is 2.37. The van der Waals surface area contributed by atoms with Crippen molar-refractivity contribution in [1.82, 2.24) is 15.2 Å². The average Bonchev–Trinajstić information content (AvgIpc) is 2.85. The van der Waals surface area contributed by atoms with Gasteiger partial charge in [-0.1, -0.05) is 23.8 Å². The Morgan fingerprint density at radius 2 is 2.18 bits per heavy atom. The molecule has 4 nitrogen and oxygen atoms in total. The summed E-state index contributed by atoms with van der Waals surface area (Å²) in [6, 6.07) is 8.38. The molecule has 1 aromatic carbocycles. The van der Waals surface area contributed by atoms with E-state index in [1.54, 1.807) is 6.20 Å². The summed E-state index contributed by atoms with van der Waals surface area (Å²) in [5.41, 5.74) is 1.72. The number of fused-ring (bicyclic) bond motifs is 3. The highest BCUT2D eigenvalue weighted by Gasteiger charge is 2.33. The van der Waals surface area contributed by atoms with E-state index < -0.39 is 0 Å². The second-order valence-electron chi connectivity index (χ2n) is 6.74. The Morgan fingerprint density at radius 3 is 3.05 bits per heavy atom. The largest absolute Gasteiger partial charge is 0.347 e. The first-order valence-electron chi connectivity index (χ1n) is 8.07. The molecule has 0 saturated carbocycles. The number of aromatic nitrogens is 1. The highest BCUT2D eigenvalue weighted by atomic mass is 16.1. The lowest BCUT2D eigenvalue weighted by Gasteiger charge is -2.30. The van der Waals surface area contributed by atoms with E-state index in [0.29, 0.717) is 5.69 Å². The van der Waals surface area contributed by atoms with E-state index in [0.717, 1.165) is 29.7 Å². The number of amides is 1. The Balaban J connectivity index is 1.52. The molecule has 3 heterocycles. The fourth-order valence-corrected chi connectivity index (χ4v) is 3.81. The first-order chi connectivity index (χ1) is 10.7. The van der Waals surface area contributed by atoms with E-state index in [-0.39, 0.29) is 11.9 Å². The summed E-state index contributed by atoms with van der Waals surface area (Å²) in [5, 5.41) is 5.32. The van der Waals surface area contributed by atoms with Crippen molar-refractivity contribution >= 4 is 16.7 Å². The van der Waals surface area contributed by atoms with E-state index >= 15 is 0 Å². The highest BCUT2D eigenvalue weighted by Crippen LogP contribution is 2.26. The lowest BCUT2D eigenvalue weighted by Crippen LogP contribution is -2.47. The molecule has 4 heteroatoms. The zero-order chi connectivity index (χ0) is 15.1. The number of hydrogen-bond acceptors (Lipinski definition) is 3. The van der Waals surface area contributed by atoms with Crippen molar-refractivity contribution in [3.8, 4) is 0 Å². The van der Waals surface area contributed by atoms with Gasteiger partial charge in [-0.2, -0.15) is 0 Å². The van der Waals surface area contributed by atoms with Gasteiger partial charge in [0.05, 0.1) is 0 Å². The van der Waals surface area contributed by atoms with Crippen LogP contribution in [-0.2, 0) is 0 Å². The van der Waals surface area contributed by atoms with Gasteiger partial charge >= 0.3 is 0 Å². The third-order valence-corrected chi connectivity index (χ3v) is 4.91. The number of carbonyl (C=O) groups excluding carboxylic acids is 1. The Labute approximate surface area is 130 Å². The van der Waals surface area contributed by atoms with Gasteiger partial charge in [-0.15, -0.1) is 0 Å². The van der Waals surface area contributed by atoms with Crippen molar-refractivity contribution in [1.29, 1.82) is 0 Å². The van der Waals surface area contributed by atoms with Crippen molar-refractivity contribution in [3.63, 3.8) is 0 Å². The molecule has 1 unspecified atom stereocenters. The molecule has 2 bridgehead atoms. The number of piperidine rings is 1. The fourth-order valence-electron chi connectivity index (χ4n) is 3.81. The summed E-state index contributed by atoms with van der Waals surface area (Å²) >= 11 is 0. The van der Waals surface area contributed by atoms with Crippen LogP contribution in [-0.4, -0.2) is 41.5 Å². The van der Waals surface area contributed by atoms with E-state index in [1.807, 2.05) is 12.1 Å². The van der Waals surface area contributed by atoms with Crippen LogP contribution in [0.5, 0.6) is 0 Å². The van der Waals surface area contributed by atoms with Crippen LogP contribution in [0.4, 0.5) is 0 Å². The van der Waals surface area contributed by atoms with Crippen LogP contribution in [0.25, 0.3) is 10.8 Å². The molecule has 0 spiro atoms. The molecule has 2 fully saturated rings. The number of aryl methyl sites for hydroxylation is 1. The molecule has 1 amide bonds. The van der Waals surface area contributed by atoms with Gasteiger partial charge in [-0.3, -0.25) is 9.78 Å². The molecule has 1 aromatic heterocycles. The van der Waals surface area contributed by atoms with Crippen LogP contribution >= 0.6 is 0 Å². The van der Waals surface area contributed by atoms with Crippen LogP contribution in [0.3, 0.4) is 0 Å². The van der Waals surface area contributed by atoms with Crippen LogP contribution < -0.4 is 5.32 Å². The minimum Gasteiger partial charge on any atom is -0.347 e. The van der Waals surface area contributed by atoms with Crippen LogP contribution in [0, 0.1) is 12.8 Å². The fraction of sp³-hybridized carbons (Fsp3) is 0.444. The zero-order valence-corrected chi connectivity index (χ0v) is 12.9. The maximum atomic E-state index is 12.5. The number of pyridine rings is 1. The number of rotatable bonds is 2. The van der Waals surface area contributed by atoms with Gasteiger partial charge < -0.3 is 10.2 Å². The quantitative estimate of drug-likeness (QED) is 0.925. The van der Waals surface area contributed by atoms with E-state index in [9.17, 15) is 4.79 Å². The first kappa shape index (κ1) is 13.7. The summed E-state index contributed by atoms with van der Waals surface area (Å²) in [7, 11) is 0. The normalized spacial score (nSPS) is 27.0. The topological polar surface area (TPSA) is 45.2 Å². The van der Waals surface area contributed by atoms with Gasteiger partial charge in [0.15, 0.2) is 0 Å². The van der Waals surface area contributed by atoms with Gasteiger partial charge in [-0.05, 0) is 43.7 Å². The number of hydrogen-bond donors (Lipinski definition) is 1. The zero-order valence-electron chi connectivity index (χ0n) is 12.9. The number of nitrogens with one attached hydrogen (secondary N) is 1. The second-order valence-corrected chi connectivity index (χ2v) is 6.74. The van der Waals surface area contributed by atoms with Crippen LogP contribution in [0.1, 0.15) is 28.9 Å². The van der Waals surface area contributed by atoms with E-state index in [1.165, 1.54) is 25.1 Å². The first-order valence-corrected chi connectivity index (χ1v) is 8.07. The molecular formula is C18H21N3O. The summed E-state index contributed by atoms with van der Waals surface area (Å²) in [6.45, 7) is 5.44. The summed E-state index contributed by atoms with van der Waals surface area (Å²) in [5.74, 6) is 0.710. The Hall–Kier alpha value is -1.94. The molecule has 2 aliphatic heterocycles. The molecule has 0 radical (unpaired) electrons. The van der Waals surface area contributed by atoms with Crippen molar-refractivity contribution in [3.05, 3.63) is 41.7 Å². The minimum absolute atomic E-state index is 0.0455. The van der Waals surface area contributed by atoms with Gasteiger partial charge in [0.25, 0.3) is 5.91 Å². The molecule has 4 rings (SSSR count). The Kier molecular flexibility index (Phi) is 3.34.